The van der Waals surface area contributed by atoms with E-state index < -0.39 is 0 Å². The third-order valence-corrected chi connectivity index (χ3v) is 3.33. The highest BCUT2D eigenvalue weighted by Gasteiger charge is 1.91. The molecule has 0 amide bonds. The fourth-order valence-electron chi connectivity index (χ4n) is 1.48. The van der Waals surface area contributed by atoms with Crippen molar-refractivity contribution in [3.05, 3.63) is 0 Å². The molecule has 0 N–H and O–H groups in total. The van der Waals surface area contributed by atoms with Crippen LogP contribution >= 0.6 is 11.8 Å². The van der Waals surface area contributed by atoms with E-state index in [9.17, 15) is 0 Å². The van der Waals surface area contributed by atoms with Gasteiger partial charge >= 0.3 is 0 Å². The Kier molecular flexibility index (Phi) is 12.7. The zero-order valence-electron chi connectivity index (χ0n) is 9.48. The van der Waals surface area contributed by atoms with E-state index in [-0.39, 0.29) is 0 Å². The van der Waals surface area contributed by atoms with Crippen molar-refractivity contribution in [2.24, 2.45) is 0 Å². The molecule has 0 bridgehead atoms. The van der Waals surface area contributed by atoms with Crippen molar-refractivity contribution in [1.82, 2.24) is 0 Å². The lowest BCUT2D eigenvalue weighted by atomic mass is 10.1. The molecule has 0 nitrogen and oxygen atoms in total. The lowest BCUT2D eigenvalue weighted by Crippen LogP contribution is -1.83. The van der Waals surface area contributed by atoms with Gasteiger partial charge in [0.15, 0.2) is 0 Å². The Morgan fingerprint density at radius 1 is 0.692 bits per heavy atom. The molecular formula is C12H26S. The maximum absolute atomic E-state index is 2.28. The third kappa shape index (κ3) is 12.4. The molecule has 0 aliphatic heterocycles. The van der Waals surface area contributed by atoms with Crippen molar-refractivity contribution in [2.45, 2.75) is 65.2 Å². The number of hydrogen-bond acceptors (Lipinski definition) is 1. The first-order chi connectivity index (χ1) is 6.41. The molecular weight excluding hydrogens is 176 g/mol. The van der Waals surface area contributed by atoms with E-state index in [1.54, 1.807) is 0 Å². The minimum Gasteiger partial charge on any atom is -0.162 e. The monoisotopic (exact) mass is 202 g/mol. The Balaban J connectivity index is 2.76. The molecule has 0 aliphatic carbocycles. The molecule has 0 radical (unpaired) electrons. The molecule has 0 heterocycles. The van der Waals surface area contributed by atoms with Gasteiger partial charge in [-0.1, -0.05) is 58.8 Å². The molecule has 0 fully saturated rings. The van der Waals surface area contributed by atoms with E-state index in [2.05, 4.69) is 25.6 Å². The maximum Gasteiger partial charge on any atom is -0.00676 e. The van der Waals surface area contributed by atoms with Crippen LogP contribution in [0.5, 0.6) is 0 Å². The summed E-state index contributed by atoms with van der Waals surface area (Å²) in [6.45, 7) is 4.53. The Morgan fingerprint density at radius 2 is 1.23 bits per heavy atom. The van der Waals surface area contributed by atoms with E-state index in [4.69, 9.17) is 0 Å². The van der Waals surface area contributed by atoms with E-state index in [1.807, 2.05) is 0 Å². The minimum absolute atomic E-state index is 1.29. The van der Waals surface area contributed by atoms with Gasteiger partial charge in [-0.05, 0) is 17.9 Å². The summed E-state index contributed by atoms with van der Waals surface area (Å²) < 4.78 is 0. The summed E-state index contributed by atoms with van der Waals surface area (Å²) >= 11 is 2.08. The van der Waals surface area contributed by atoms with Gasteiger partial charge in [0, 0.05) is 0 Å². The number of hydrogen-bond donors (Lipinski definition) is 0. The van der Waals surface area contributed by atoms with Crippen LogP contribution in [-0.4, -0.2) is 11.5 Å². The standard InChI is InChI=1S/C12H26S/c1-3-5-6-7-8-9-10-11-12-13-4-2/h3-12H2,1-2H3. The Morgan fingerprint density at radius 3 is 1.77 bits per heavy atom. The summed E-state index contributed by atoms with van der Waals surface area (Å²) in [6, 6.07) is 0. The molecule has 0 rings (SSSR count). The molecule has 0 spiro atoms. The minimum atomic E-state index is 1.29. The second-order valence-corrected chi connectivity index (χ2v) is 5.07. The predicted octanol–water partition coefficient (Wildman–Crippen LogP) is 4.88. The number of rotatable bonds is 10. The number of thioether (sulfide) groups is 1. The molecule has 0 aromatic rings. The van der Waals surface area contributed by atoms with Crippen LogP contribution in [0.15, 0.2) is 0 Å². The van der Waals surface area contributed by atoms with Gasteiger partial charge in [0.25, 0.3) is 0 Å². The van der Waals surface area contributed by atoms with Gasteiger partial charge in [-0.3, -0.25) is 0 Å². The fourth-order valence-corrected chi connectivity index (χ4v) is 2.18. The highest BCUT2D eigenvalue weighted by molar-refractivity contribution is 7.99. The Bertz CT molecular complexity index is 71.2. The van der Waals surface area contributed by atoms with Crippen molar-refractivity contribution in [3.63, 3.8) is 0 Å². The van der Waals surface area contributed by atoms with Crippen molar-refractivity contribution in [2.75, 3.05) is 11.5 Å². The normalized spacial score (nSPS) is 10.6. The molecule has 80 valence electrons. The first-order valence-electron chi connectivity index (χ1n) is 5.99. The average Bonchev–Trinajstić information content (AvgIpc) is 2.16. The van der Waals surface area contributed by atoms with Crippen molar-refractivity contribution in [3.8, 4) is 0 Å². The van der Waals surface area contributed by atoms with Crippen LogP contribution in [0.4, 0.5) is 0 Å². The largest absolute Gasteiger partial charge is 0.162 e. The molecule has 0 aromatic carbocycles. The molecule has 0 atom stereocenters. The lowest BCUT2D eigenvalue weighted by molar-refractivity contribution is 0.586. The van der Waals surface area contributed by atoms with Crippen molar-refractivity contribution >= 4 is 11.8 Å². The lowest BCUT2D eigenvalue weighted by Gasteiger charge is -2.00. The quantitative estimate of drug-likeness (QED) is 0.455. The van der Waals surface area contributed by atoms with E-state index in [0.29, 0.717) is 0 Å². The van der Waals surface area contributed by atoms with Gasteiger partial charge in [0.1, 0.15) is 0 Å². The molecule has 1 heteroatoms. The van der Waals surface area contributed by atoms with Gasteiger partial charge in [-0.2, -0.15) is 11.8 Å². The fraction of sp³-hybridized carbons (Fsp3) is 1.00. The first-order valence-corrected chi connectivity index (χ1v) is 7.15. The predicted molar refractivity (Wildman–Crippen MR) is 65.6 cm³/mol. The topological polar surface area (TPSA) is 0 Å². The van der Waals surface area contributed by atoms with Crippen LogP contribution in [0.3, 0.4) is 0 Å². The number of unbranched alkanes of at least 4 members (excludes halogenated alkanes) is 7. The summed E-state index contributed by atoms with van der Waals surface area (Å²) in [4.78, 5) is 0. The van der Waals surface area contributed by atoms with E-state index >= 15 is 0 Å². The second-order valence-electron chi connectivity index (χ2n) is 3.67. The Labute approximate surface area is 88.9 Å². The van der Waals surface area contributed by atoms with Gasteiger partial charge in [-0.15, -0.1) is 0 Å². The van der Waals surface area contributed by atoms with Gasteiger partial charge in [0.2, 0.25) is 0 Å². The van der Waals surface area contributed by atoms with E-state index in [1.165, 1.54) is 62.9 Å². The molecule has 13 heavy (non-hydrogen) atoms. The van der Waals surface area contributed by atoms with Crippen LogP contribution in [0.25, 0.3) is 0 Å². The Hall–Kier alpha value is 0.350. The first kappa shape index (κ1) is 13.4. The summed E-state index contributed by atoms with van der Waals surface area (Å²) in [5.41, 5.74) is 0. The third-order valence-electron chi connectivity index (χ3n) is 2.35. The highest BCUT2D eigenvalue weighted by Crippen LogP contribution is 2.10. The smallest absolute Gasteiger partial charge is 0.00676 e. The average molecular weight is 202 g/mol. The van der Waals surface area contributed by atoms with E-state index in [0.717, 1.165) is 0 Å². The zero-order chi connectivity index (χ0) is 9.78. The van der Waals surface area contributed by atoms with Crippen LogP contribution in [-0.2, 0) is 0 Å². The maximum atomic E-state index is 2.28. The molecule has 0 aliphatic rings. The molecule has 0 saturated carbocycles. The van der Waals surface area contributed by atoms with Crippen LogP contribution < -0.4 is 0 Å². The second kappa shape index (κ2) is 12.3. The van der Waals surface area contributed by atoms with Crippen LogP contribution in [0.2, 0.25) is 0 Å². The van der Waals surface area contributed by atoms with Gasteiger partial charge in [0.05, 0.1) is 0 Å². The summed E-state index contributed by atoms with van der Waals surface area (Å²) in [6.07, 6.45) is 11.6. The van der Waals surface area contributed by atoms with Crippen LogP contribution in [0, 0.1) is 0 Å². The SMILES string of the molecule is CCCCCCCCCCSCC. The zero-order valence-corrected chi connectivity index (χ0v) is 10.3. The summed E-state index contributed by atoms with van der Waals surface area (Å²) in [7, 11) is 0. The van der Waals surface area contributed by atoms with Crippen LogP contribution in [0.1, 0.15) is 65.2 Å². The highest BCUT2D eigenvalue weighted by atomic mass is 32.2. The van der Waals surface area contributed by atoms with Gasteiger partial charge in [-0.25, -0.2) is 0 Å². The summed E-state index contributed by atoms with van der Waals surface area (Å²) in [5.74, 6) is 2.67. The van der Waals surface area contributed by atoms with Crippen molar-refractivity contribution in [1.29, 1.82) is 0 Å². The molecule has 0 saturated heterocycles. The molecule has 0 aromatic heterocycles. The van der Waals surface area contributed by atoms with Crippen molar-refractivity contribution < 1.29 is 0 Å². The molecule has 0 unspecified atom stereocenters. The van der Waals surface area contributed by atoms with Gasteiger partial charge < -0.3 is 0 Å². The summed E-state index contributed by atoms with van der Waals surface area (Å²) in [5, 5.41) is 0.